The molecule has 0 bridgehead atoms. The Morgan fingerprint density at radius 2 is 1.74 bits per heavy atom. The molecule has 0 fully saturated rings. The number of nitrogens with zero attached hydrogens (tertiary/aromatic N) is 2. The third-order valence-electron chi connectivity index (χ3n) is 7.68. The van der Waals surface area contributed by atoms with Gasteiger partial charge in [0, 0.05) is 42.3 Å². The normalized spacial score (nSPS) is 14.6. The summed E-state index contributed by atoms with van der Waals surface area (Å²) >= 11 is 0. The fraction of sp³-hybridized carbons (Fsp3) is 0.333. The Morgan fingerprint density at radius 3 is 2.52 bits per heavy atom. The molecule has 1 N–H and O–H groups in total. The van der Waals surface area contributed by atoms with Crippen molar-refractivity contribution in [3.8, 4) is 23.0 Å². The van der Waals surface area contributed by atoms with Gasteiger partial charge in [0.2, 0.25) is 0 Å². The summed E-state index contributed by atoms with van der Waals surface area (Å²) < 4.78 is 28.0. The van der Waals surface area contributed by atoms with E-state index >= 15 is 0 Å². The minimum atomic E-state index is -0.481. The number of carbonyl (C=O) groups excluding carboxylic acids is 1. The van der Waals surface area contributed by atoms with Gasteiger partial charge in [-0.3, -0.25) is 15.2 Å². The predicted octanol–water partition coefficient (Wildman–Crippen LogP) is 6.05. The van der Waals surface area contributed by atoms with Crippen molar-refractivity contribution in [3.05, 3.63) is 83.6 Å². The number of fused-ring (bicyclic) bond motifs is 2. The molecule has 4 aromatic rings. The van der Waals surface area contributed by atoms with E-state index in [1.54, 1.807) is 40.7 Å². The molecule has 9 heteroatoms. The Morgan fingerprint density at radius 1 is 0.929 bits per heavy atom. The van der Waals surface area contributed by atoms with Gasteiger partial charge in [0.25, 0.3) is 0 Å². The maximum Gasteiger partial charge on any atom is 0.411 e. The van der Waals surface area contributed by atoms with Crippen LogP contribution in [0.2, 0.25) is 0 Å². The average molecular weight is 572 g/mol. The molecule has 5 rings (SSSR count). The number of methoxy groups -OCH3 is 4. The molecule has 0 radical (unpaired) electrons. The van der Waals surface area contributed by atoms with Crippen molar-refractivity contribution in [1.82, 2.24) is 9.88 Å². The second-order valence-electron chi connectivity index (χ2n) is 10.1. The van der Waals surface area contributed by atoms with E-state index in [0.29, 0.717) is 30.2 Å². The van der Waals surface area contributed by atoms with Crippen molar-refractivity contribution in [2.75, 3.05) is 53.5 Å². The maximum absolute atomic E-state index is 12.6. The van der Waals surface area contributed by atoms with Crippen molar-refractivity contribution < 1.29 is 28.5 Å². The summed E-state index contributed by atoms with van der Waals surface area (Å²) in [5, 5.41) is 3.73. The Hall–Kier alpha value is -4.50. The minimum Gasteiger partial charge on any atom is -0.497 e. The van der Waals surface area contributed by atoms with E-state index in [1.807, 2.05) is 42.5 Å². The van der Waals surface area contributed by atoms with Crippen LogP contribution in [-0.4, -0.2) is 64.1 Å². The Bertz CT molecular complexity index is 1520. The molecule has 3 aromatic carbocycles. The molecule has 0 saturated carbocycles. The van der Waals surface area contributed by atoms with E-state index in [4.69, 9.17) is 23.7 Å². The zero-order chi connectivity index (χ0) is 29.5. The molecule has 1 aromatic heterocycles. The summed E-state index contributed by atoms with van der Waals surface area (Å²) in [6.07, 6.45) is 3.48. The zero-order valence-corrected chi connectivity index (χ0v) is 24.5. The SMILES string of the molecule is COc1cc2c(c(OC)c1)C(Cc1ccc(OC)c(OC)c1)N(CCCOC(=O)Nc1ccnc3ccccc13)CC2. The lowest BCUT2D eigenvalue weighted by atomic mass is 9.87. The summed E-state index contributed by atoms with van der Waals surface area (Å²) in [5.41, 5.74) is 4.98. The Labute approximate surface area is 246 Å². The fourth-order valence-electron chi connectivity index (χ4n) is 5.64. The molecule has 1 unspecified atom stereocenters. The maximum atomic E-state index is 12.6. The molecular weight excluding hydrogens is 534 g/mol. The van der Waals surface area contributed by atoms with E-state index in [-0.39, 0.29) is 6.04 Å². The van der Waals surface area contributed by atoms with Crippen LogP contribution in [0.1, 0.15) is 29.2 Å². The van der Waals surface area contributed by atoms with Gasteiger partial charge in [0.05, 0.1) is 46.3 Å². The van der Waals surface area contributed by atoms with Crippen molar-refractivity contribution in [1.29, 1.82) is 0 Å². The third kappa shape index (κ3) is 6.36. The van der Waals surface area contributed by atoms with Crippen LogP contribution in [0.5, 0.6) is 23.0 Å². The number of amides is 1. The van der Waals surface area contributed by atoms with Gasteiger partial charge in [-0.2, -0.15) is 0 Å². The summed E-state index contributed by atoms with van der Waals surface area (Å²) in [7, 11) is 6.65. The Balaban J connectivity index is 1.29. The average Bonchev–Trinajstić information content (AvgIpc) is 3.03. The number of hydrogen-bond acceptors (Lipinski definition) is 8. The molecule has 9 nitrogen and oxygen atoms in total. The fourth-order valence-corrected chi connectivity index (χ4v) is 5.64. The number of para-hydroxylation sites is 1. The van der Waals surface area contributed by atoms with Crippen LogP contribution in [0.3, 0.4) is 0 Å². The van der Waals surface area contributed by atoms with Gasteiger partial charge < -0.3 is 23.7 Å². The highest BCUT2D eigenvalue weighted by atomic mass is 16.5. The van der Waals surface area contributed by atoms with Crippen molar-refractivity contribution in [3.63, 3.8) is 0 Å². The van der Waals surface area contributed by atoms with E-state index in [9.17, 15) is 4.79 Å². The lowest BCUT2D eigenvalue weighted by Crippen LogP contribution is -2.38. The second kappa shape index (κ2) is 13.4. The number of nitrogens with one attached hydrogen (secondary N) is 1. The van der Waals surface area contributed by atoms with Gasteiger partial charge in [-0.05, 0) is 60.7 Å². The monoisotopic (exact) mass is 571 g/mol. The molecule has 0 aliphatic carbocycles. The standard InChI is InChI=1S/C33H37N3O6/c1-38-24-20-23-13-16-36(15-7-17-42-33(37)35-27-12-14-34-26-9-6-5-8-25(26)27)28(32(23)31(21-24)41-4)18-22-10-11-29(39-2)30(19-22)40-3/h5-6,8-12,14,19-21,28H,7,13,15-18H2,1-4H3,(H,34,35,37). The lowest BCUT2D eigenvalue weighted by molar-refractivity contribution is 0.136. The second-order valence-corrected chi connectivity index (χ2v) is 10.1. The highest BCUT2D eigenvalue weighted by Crippen LogP contribution is 2.42. The van der Waals surface area contributed by atoms with Crippen LogP contribution in [0.4, 0.5) is 10.5 Å². The van der Waals surface area contributed by atoms with Crippen molar-refractivity contribution in [2.45, 2.75) is 25.3 Å². The van der Waals surface area contributed by atoms with Gasteiger partial charge >= 0.3 is 6.09 Å². The Kier molecular flexibility index (Phi) is 9.28. The summed E-state index contributed by atoms with van der Waals surface area (Å²) in [6.45, 7) is 1.90. The number of ether oxygens (including phenoxy) is 5. The first kappa shape index (κ1) is 29.0. The molecule has 220 valence electrons. The highest BCUT2D eigenvalue weighted by Gasteiger charge is 2.31. The number of aromatic nitrogens is 1. The molecule has 42 heavy (non-hydrogen) atoms. The first-order valence-electron chi connectivity index (χ1n) is 14.0. The molecule has 0 spiro atoms. The van der Waals surface area contributed by atoms with Gasteiger partial charge in [0.1, 0.15) is 11.5 Å². The first-order chi connectivity index (χ1) is 20.5. The van der Waals surface area contributed by atoms with Gasteiger partial charge in [0.15, 0.2) is 11.5 Å². The topological polar surface area (TPSA) is 91.4 Å². The van der Waals surface area contributed by atoms with Crippen LogP contribution in [-0.2, 0) is 17.6 Å². The van der Waals surface area contributed by atoms with E-state index < -0.39 is 6.09 Å². The van der Waals surface area contributed by atoms with Crippen LogP contribution in [0, 0.1) is 0 Å². The number of carbonyl (C=O) groups is 1. The molecular formula is C33H37N3O6. The molecule has 2 heterocycles. The largest absolute Gasteiger partial charge is 0.497 e. The van der Waals surface area contributed by atoms with Crippen LogP contribution < -0.4 is 24.3 Å². The summed E-state index contributed by atoms with van der Waals surface area (Å²) in [4.78, 5) is 19.4. The molecule has 1 amide bonds. The number of benzene rings is 3. The molecule has 1 aliphatic heterocycles. The molecule has 1 atom stereocenters. The van der Waals surface area contributed by atoms with Crippen molar-refractivity contribution in [2.24, 2.45) is 0 Å². The smallest absolute Gasteiger partial charge is 0.411 e. The van der Waals surface area contributed by atoms with E-state index in [0.717, 1.165) is 59.5 Å². The van der Waals surface area contributed by atoms with Gasteiger partial charge in [-0.1, -0.05) is 24.3 Å². The van der Waals surface area contributed by atoms with Crippen molar-refractivity contribution >= 4 is 22.7 Å². The number of pyridine rings is 1. The van der Waals surface area contributed by atoms with E-state index in [2.05, 4.69) is 27.3 Å². The van der Waals surface area contributed by atoms with Crippen LogP contribution in [0.25, 0.3) is 10.9 Å². The van der Waals surface area contributed by atoms with Crippen LogP contribution in [0.15, 0.2) is 66.9 Å². The highest BCUT2D eigenvalue weighted by molar-refractivity contribution is 5.98. The number of hydrogen-bond donors (Lipinski definition) is 1. The minimum absolute atomic E-state index is 0.0460. The molecule has 1 aliphatic rings. The summed E-state index contributed by atoms with van der Waals surface area (Å²) in [6, 6.07) is 19.6. The van der Waals surface area contributed by atoms with E-state index in [1.165, 1.54) is 5.56 Å². The quantitative estimate of drug-likeness (QED) is 0.218. The summed E-state index contributed by atoms with van der Waals surface area (Å²) in [5.74, 6) is 2.98. The third-order valence-corrected chi connectivity index (χ3v) is 7.68. The first-order valence-corrected chi connectivity index (χ1v) is 14.0. The van der Waals surface area contributed by atoms with Crippen LogP contribution >= 0.6 is 0 Å². The number of anilines is 1. The van der Waals surface area contributed by atoms with Gasteiger partial charge in [-0.15, -0.1) is 0 Å². The molecule has 0 saturated heterocycles. The van der Waals surface area contributed by atoms with Gasteiger partial charge in [-0.25, -0.2) is 4.79 Å². The lowest BCUT2D eigenvalue weighted by Gasteiger charge is -2.38. The predicted molar refractivity (Wildman–Crippen MR) is 162 cm³/mol. The number of rotatable bonds is 11. The zero-order valence-electron chi connectivity index (χ0n) is 24.5.